The summed E-state index contributed by atoms with van der Waals surface area (Å²) in [6.07, 6.45) is 0. The Labute approximate surface area is 198 Å². The van der Waals surface area contributed by atoms with E-state index >= 15 is 0 Å². The fourth-order valence-electron chi connectivity index (χ4n) is 3.75. The number of hydrogen-bond donors (Lipinski definition) is 2. The molecule has 2 aromatic carbocycles. The Morgan fingerprint density at radius 2 is 1.78 bits per heavy atom. The summed E-state index contributed by atoms with van der Waals surface area (Å²) in [5.74, 6) is 0.773. The molecule has 1 aliphatic rings. The number of hydrogen-bond acceptors (Lipinski definition) is 4. The van der Waals surface area contributed by atoms with Crippen LogP contribution in [0.2, 0.25) is 0 Å². The van der Waals surface area contributed by atoms with Crippen molar-refractivity contribution < 1.29 is 14.3 Å². The van der Waals surface area contributed by atoms with Crippen molar-refractivity contribution in [3.8, 4) is 5.75 Å². The Kier molecular flexibility index (Phi) is 8.39. The van der Waals surface area contributed by atoms with Crippen molar-refractivity contribution in [2.45, 2.75) is 26.8 Å². The van der Waals surface area contributed by atoms with E-state index in [0.29, 0.717) is 38.5 Å². The van der Waals surface area contributed by atoms with Gasteiger partial charge in [-0.05, 0) is 43.2 Å². The van der Waals surface area contributed by atoms with E-state index in [4.69, 9.17) is 4.74 Å². The second-order valence-corrected chi connectivity index (χ2v) is 8.96. The van der Waals surface area contributed by atoms with Crippen LogP contribution in [0.15, 0.2) is 53.0 Å². The molecule has 2 aromatic rings. The predicted octanol–water partition coefficient (Wildman–Crippen LogP) is 4.34. The van der Waals surface area contributed by atoms with Gasteiger partial charge in [0.15, 0.2) is 0 Å². The number of urea groups is 1. The first-order valence-corrected chi connectivity index (χ1v) is 11.8. The molecule has 7 nitrogen and oxygen atoms in total. The fourth-order valence-corrected chi connectivity index (χ4v) is 4.15. The van der Waals surface area contributed by atoms with Gasteiger partial charge in [0, 0.05) is 36.3 Å². The molecule has 172 valence electrons. The van der Waals surface area contributed by atoms with Crippen LogP contribution in [0.4, 0.5) is 16.2 Å². The van der Waals surface area contributed by atoms with E-state index in [2.05, 4.69) is 31.5 Å². The monoisotopic (exact) mass is 502 g/mol. The van der Waals surface area contributed by atoms with Crippen LogP contribution in [-0.2, 0) is 4.79 Å². The molecule has 1 atom stereocenters. The van der Waals surface area contributed by atoms with Crippen molar-refractivity contribution in [1.29, 1.82) is 0 Å². The molecule has 0 aliphatic carbocycles. The maximum Gasteiger partial charge on any atom is 0.319 e. The van der Waals surface area contributed by atoms with E-state index in [1.54, 1.807) is 6.07 Å². The Hall–Kier alpha value is -2.74. The van der Waals surface area contributed by atoms with Crippen molar-refractivity contribution in [1.82, 2.24) is 10.2 Å². The number of amides is 3. The molecule has 0 spiro atoms. The summed E-state index contributed by atoms with van der Waals surface area (Å²) >= 11 is 3.39. The van der Waals surface area contributed by atoms with Crippen LogP contribution >= 0.6 is 15.9 Å². The Morgan fingerprint density at radius 1 is 1.06 bits per heavy atom. The van der Waals surface area contributed by atoms with Gasteiger partial charge in [-0.2, -0.15) is 0 Å². The van der Waals surface area contributed by atoms with Gasteiger partial charge in [0.1, 0.15) is 11.8 Å². The van der Waals surface area contributed by atoms with Crippen LogP contribution in [0.1, 0.15) is 20.8 Å². The largest absolute Gasteiger partial charge is 0.492 e. The van der Waals surface area contributed by atoms with Crippen molar-refractivity contribution >= 4 is 39.2 Å². The lowest BCUT2D eigenvalue weighted by atomic mass is 10.0. The summed E-state index contributed by atoms with van der Waals surface area (Å²) < 4.78 is 6.63. The Balaban J connectivity index is 1.60. The molecule has 0 aromatic heterocycles. The van der Waals surface area contributed by atoms with Crippen LogP contribution in [0, 0.1) is 5.92 Å². The molecule has 1 fully saturated rings. The molecule has 0 radical (unpaired) electrons. The number of piperazine rings is 1. The molecule has 1 heterocycles. The lowest BCUT2D eigenvalue weighted by Gasteiger charge is -2.38. The van der Waals surface area contributed by atoms with Crippen molar-refractivity contribution in [3.05, 3.63) is 53.0 Å². The first-order chi connectivity index (χ1) is 15.4. The number of rotatable bonds is 7. The predicted molar refractivity (Wildman–Crippen MR) is 131 cm³/mol. The van der Waals surface area contributed by atoms with E-state index in [-0.39, 0.29) is 17.9 Å². The van der Waals surface area contributed by atoms with Gasteiger partial charge in [-0.1, -0.05) is 48.0 Å². The topological polar surface area (TPSA) is 73.9 Å². The van der Waals surface area contributed by atoms with E-state index in [1.807, 2.05) is 68.1 Å². The van der Waals surface area contributed by atoms with Gasteiger partial charge in [0.2, 0.25) is 5.91 Å². The highest BCUT2D eigenvalue weighted by atomic mass is 79.9. The van der Waals surface area contributed by atoms with Crippen LogP contribution in [-0.4, -0.2) is 55.7 Å². The molecule has 1 aliphatic heterocycles. The molecule has 3 amide bonds. The van der Waals surface area contributed by atoms with E-state index in [9.17, 15) is 9.59 Å². The number of halogens is 1. The molecule has 1 unspecified atom stereocenters. The van der Waals surface area contributed by atoms with Gasteiger partial charge < -0.3 is 25.2 Å². The maximum atomic E-state index is 13.2. The van der Waals surface area contributed by atoms with Crippen LogP contribution in [0.25, 0.3) is 0 Å². The second kappa shape index (κ2) is 11.2. The highest BCUT2D eigenvalue weighted by Gasteiger charge is 2.31. The smallest absolute Gasteiger partial charge is 0.319 e. The lowest BCUT2D eigenvalue weighted by molar-refractivity contribution is -0.134. The van der Waals surface area contributed by atoms with E-state index in [0.717, 1.165) is 15.9 Å². The average molecular weight is 503 g/mol. The summed E-state index contributed by atoms with van der Waals surface area (Å²) in [6, 6.07) is 14.3. The molecule has 1 saturated heterocycles. The minimum Gasteiger partial charge on any atom is -0.492 e. The van der Waals surface area contributed by atoms with Gasteiger partial charge in [0.25, 0.3) is 0 Å². The van der Waals surface area contributed by atoms with Crippen LogP contribution in [0.5, 0.6) is 5.75 Å². The summed E-state index contributed by atoms with van der Waals surface area (Å²) in [7, 11) is 0. The second-order valence-electron chi connectivity index (χ2n) is 8.04. The molecular weight excluding hydrogens is 472 g/mol. The summed E-state index contributed by atoms with van der Waals surface area (Å²) in [4.78, 5) is 29.8. The fraction of sp³-hybridized carbons (Fsp3) is 0.417. The van der Waals surface area contributed by atoms with Gasteiger partial charge in [0.05, 0.1) is 12.3 Å². The number of para-hydroxylation sites is 2. The minimum atomic E-state index is -0.593. The number of nitrogens with one attached hydrogen (secondary N) is 2. The minimum absolute atomic E-state index is 0.0348. The number of nitrogens with zero attached hydrogens (tertiary/aromatic N) is 2. The maximum absolute atomic E-state index is 13.2. The first kappa shape index (κ1) is 23.9. The number of benzene rings is 2. The van der Waals surface area contributed by atoms with Gasteiger partial charge in [-0.3, -0.25) is 4.79 Å². The summed E-state index contributed by atoms with van der Waals surface area (Å²) in [6.45, 7) is 9.08. The van der Waals surface area contributed by atoms with E-state index < -0.39 is 6.04 Å². The Bertz CT molecular complexity index is 929. The third kappa shape index (κ3) is 6.16. The highest BCUT2D eigenvalue weighted by molar-refractivity contribution is 9.10. The zero-order valence-electron chi connectivity index (χ0n) is 18.8. The first-order valence-electron chi connectivity index (χ1n) is 11.0. The van der Waals surface area contributed by atoms with Crippen molar-refractivity contribution in [2.24, 2.45) is 5.92 Å². The third-order valence-electron chi connectivity index (χ3n) is 5.40. The molecule has 3 rings (SSSR count). The number of anilines is 2. The zero-order valence-corrected chi connectivity index (χ0v) is 20.4. The van der Waals surface area contributed by atoms with Crippen LogP contribution in [0.3, 0.4) is 0 Å². The number of ether oxygens (including phenoxy) is 1. The lowest BCUT2D eigenvalue weighted by Crippen LogP contribution is -2.57. The molecule has 0 saturated carbocycles. The zero-order chi connectivity index (χ0) is 23.1. The van der Waals surface area contributed by atoms with Gasteiger partial charge in [-0.15, -0.1) is 0 Å². The SMILES string of the molecule is CCOc1ccccc1N1CCN(C(=O)C(NC(=O)Nc2cccc(Br)c2)C(C)C)CC1. The number of carbonyl (C=O) groups excluding carboxylic acids is 2. The third-order valence-corrected chi connectivity index (χ3v) is 5.89. The molecule has 2 N–H and O–H groups in total. The highest BCUT2D eigenvalue weighted by Crippen LogP contribution is 2.29. The normalized spacial score (nSPS) is 14.8. The molecular formula is C24H31BrN4O3. The number of carbonyl (C=O) groups is 2. The van der Waals surface area contributed by atoms with E-state index in [1.165, 1.54) is 0 Å². The summed E-state index contributed by atoms with van der Waals surface area (Å²) in [5, 5.41) is 5.66. The quantitative estimate of drug-likeness (QED) is 0.590. The van der Waals surface area contributed by atoms with Crippen LogP contribution < -0.4 is 20.3 Å². The molecule has 8 heteroatoms. The van der Waals surface area contributed by atoms with Crippen molar-refractivity contribution in [2.75, 3.05) is 43.0 Å². The average Bonchev–Trinajstić information content (AvgIpc) is 2.77. The molecule has 32 heavy (non-hydrogen) atoms. The van der Waals surface area contributed by atoms with Gasteiger partial charge >= 0.3 is 6.03 Å². The molecule has 0 bridgehead atoms. The van der Waals surface area contributed by atoms with Crippen molar-refractivity contribution in [3.63, 3.8) is 0 Å². The van der Waals surface area contributed by atoms with Gasteiger partial charge in [-0.25, -0.2) is 4.79 Å². The Morgan fingerprint density at radius 3 is 2.44 bits per heavy atom. The summed E-state index contributed by atoms with van der Waals surface area (Å²) in [5.41, 5.74) is 1.71. The standard InChI is InChI=1S/C24H31BrN4O3/c1-4-32-21-11-6-5-10-20(21)28-12-14-29(15-13-28)23(30)22(17(2)3)27-24(31)26-19-9-7-8-18(25)16-19/h5-11,16-17,22H,4,12-15H2,1-3H3,(H2,26,27,31).